The van der Waals surface area contributed by atoms with Crippen LogP contribution < -0.4 is 14.8 Å². The number of anilines is 1. The number of amides is 1. The molecule has 6 heteroatoms. The smallest absolute Gasteiger partial charge is 0.306 e. The lowest BCUT2D eigenvalue weighted by atomic mass is 10.0. The number of hydrogen-bond donors (Lipinski definition) is 2. The normalized spacial score (nSPS) is 20.9. The zero-order valence-corrected chi connectivity index (χ0v) is 12.1. The molecule has 2 N–H and O–H groups in total. The number of carboxylic acid groups (broad SMARTS) is 1. The van der Waals surface area contributed by atoms with Gasteiger partial charge in [-0.3, -0.25) is 9.59 Å². The van der Waals surface area contributed by atoms with Gasteiger partial charge in [-0.25, -0.2) is 0 Å². The number of aliphatic carboxylic acids is 1. The van der Waals surface area contributed by atoms with Crippen LogP contribution in [0, 0.1) is 11.8 Å². The van der Waals surface area contributed by atoms with Crippen LogP contribution in [-0.4, -0.2) is 31.2 Å². The van der Waals surface area contributed by atoms with E-state index in [0.29, 0.717) is 36.4 Å². The van der Waals surface area contributed by atoms with Crippen LogP contribution >= 0.6 is 0 Å². The Balaban J connectivity index is 2.07. The van der Waals surface area contributed by atoms with Gasteiger partial charge in [0.05, 0.1) is 25.8 Å². The first kappa shape index (κ1) is 15.2. The van der Waals surface area contributed by atoms with E-state index in [2.05, 4.69) is 5.32 Å². The molecule has 0 heterocycles. The van der Waals surface area contributed by atoms with Crippen molar-refractivity contribution in [2.45, 2.75) is 19.3 Å². The number of rotatable bonds is 5. The van der Waals surface area contributed by atoms with E-state index in [9.17, 15) is 9.59 Å². The zero-order valence-electron chi connectivity index (χ0n) is 12.1. The second kappa shape index (κ2) is 6.47. The molecule has 0 aromatic heterocycles. The number of benzene rings is 1. The SMILES string of the molecule is COc1ccc(OC)c(NC(=O)[C@@H]2CC[C@@H](C(=O)O)C2)c1. The molecule has 21 heavy (non-hydrogen) atoms. The molecule has 1 aliphatic rings. The number of methoxy groups -OCH3 is 2. The molecule has 0 saturated heterocycles. The Labute approximate surface area is 123 Å². The van der Waals surface area contributed by atoms with Crippen molar-refractivity contribution in [3.05, 3.63) is 18.2 Å². The molecule has 1 aliphatic carbocycles. The van der Waals surface area contributed by atoms with Gasteiger partial charge in [-0.05, 0) is 31.4 Å². The van der Waals surface area contributed by atoms with Gasteiger partial charge in [0.15, 0.2) is 0 Å². The van der Waals surface area contributed by atoms with Gasteiger partial charge < -0.3 is 19.9 Å². The number of carbonyl (C=O) groups is 2. The highest BCUT2D eigenvalue weighted by atomic mass is 16.5. The van der Waals surface area contributed by atoms with Crippen molar-refractivity contribution in [1.29, 1.82) is 0 Å². The fraction of sp³-hybridized carbons (Fsp3) is 0.467. The monoisotopic (exact) mass is 293 g/mol. The van der Waals surface area contributed by atoms with E-state index in [0.717, 1.165) is 0 Å². The number of ether oxygens (including phenoxy) is 2. The van der Waals surface area contributed by atoms with Gasteiger partial charge in [0.2, 0.25) is 5.91 Å². The average Bonchev–Trinajstić information content (AvgIpc) is 2.97. The lowest BCUT2D eigenvalue weighted by Crippen LogP contribution is -2.22. The van der Waals surface area contributed by atoms with Gasteiger partial charge in [-0.1, -0.05) is 0 Å². The predicted molar refractivity (Wildman–Crippen MR) is 76.6 cm³/mol. The summed E-state index contributed by atoms with van der Waals surface area (Å²) in [6, 6.07) is 5.13. The fourth-order valence-electron chi connectivity index (χ4n) is 2.59. The molecule has 0 unspecified atom stereocenters. The van der Waals surface area contributed by atoms with Gasteiger partial charge in [0.1, 0.15) is 11.5 Å². The fourth-order valence-corrected chi connectivity index (χ4v) is 2.59. The molecule has 2 atom stereocenters. The predicted octanol–water partition coefficient (Wildman–Crippen LogP) is 2.14. The maximum atomic E-state index is 12.3. The second-order valence-electron chi connectivity index (χ2n) is 5.10. The van der Waals surface area contributed by atoms with Crippen molar-refractivity contribution in [2.24, 2.45) is 11.8 Å². The Morgan fingerprint density at radius 1 is 1.19 bits per heavy atom. The van der Waals surface area contributed by atoms with Gasteiger partial charge >= 0.3 is 5.97 Å². The maximum absolute atomic E-state index is 12.3. The van der Waals surface area contributed by atoms with Gasteiger partial charge in [-0.15, -0.1) is 0 Å². The number of nitrogens with one attached hydrogen (secondary N) is 1. The molecule has 0 spiro atoms. The van der Waals surface area contributed by atoms with E-state index in [4.69, 9.17) is 14.6 Å². The Kier molecular flexibility index (Phi) is 4.67. The first-order valence-corrected chi connectivity index (χ1v) is 6.80. The summed E-state index contributed by atoms with van der Waals surface area (Å²) >= 11 is 0. The molecule has 0 radical (unpaired) electrons. The van der Waals surface area contributed by atoms with E-state index in [1.165, 1.54) is 7.11 Å². The van der Waals surface area contributed by atoms with Crippen LogP contribution in [0.2, 0.25) is 0 Å². The van der Waals surface area contributed by atoms with Crippen LogP contribution in [0.4, 0.5) is 5.69 Å². The van der Waals surface area contributed by atoms with Crippen LogP contribution in [0.25, 0.3) is 0 Å². The van der Waals surface area contributed by atoms with Crippen molar-refractivity contribution >= 4 is 17.6 Å². The maximum Gasteiger partial charge on any atom is 0.306 e. The van der Waals surface area contributed by atoms with Gasteiger partial charge in [0, 0.05) is 12.0 Å². The number of carboxylic acids is 1. The largest absolute Gasteiger partial charge is 0.497 e. The molecule has 0 aliphatic heterocycles. The third-order valence-electron chi connectivity index (χ3n) is 3.82. The number of hydrogen-bond acceptors (Lipinski definition) is 4. The Morgan fingerprint density at radius 3 is 2.48 bits per heavy atom. The molecule has 1 fully saturated rings. The van der Waals surface area contributed by atoms with Crippen molar-refractivity contribution < 1.29 is 24.2 Å². The first-order chi connectivity index (χ1) is 10.0. The molecule has 1 aromatic carbocycles. The molecule has 1 amide bonds. The summed E-state index contributed by atoms with van der Waals surface area (Å²) < 4.78 is 10.3. The Bertz CT molecular complexity index is 543. The summed E-state index contributed by atoms with van der Waals surface area (Å²) in [7, 11) is 3.06. The topological polar surface area (TPSA) is 84.9 Å². The van der Waals surface area contributed by atoms with Crippen LogP contribution in [0.3, 0.4) is 0 Å². The highest BCUT2D eigenvalue weighted by molar-refractivity contribution is 5.94. The molecular formula is C15H19NO5. The minimum Gasteiger partial charge on any atom is -0.497 e. The summed E-state index contributed by atoms with van der Waals surface area (Å²) in [5, 5.41) is 11.8. The second-order valence-corrected chi connectivity index (χ2v) is 5.10. The number of carbonyl (C=O) groups excluding carboxylic acids is 1. The van der Waals surface area contributed by atoms with Crippen LogP contribution in [0.15, 0.2) is 18.2 Å². The minimum atomic E-state index is -0.829. The molecule has 1 aromatic rings. The molecule has 2 rings (SSSR count). The third-order valence-corrected chi connectivity index (χ3v) is 3.82. The van der Waals surface area contributed by atoms with E-state index in [1.54, 1.807) is 25.3 Å². The van der Waals surface area contributed by atoms with Crippen molar-refractivity contribution in [1.82, 2.24) is 0 Å². The summed E-state index contributed by atoms with van der Waals surface area (Å²) in [6.07, 6.45) is 1.52. The molecule has 6 nitrogen and oxygen atoms in total. The first-order valence-electron chi connectivity index (χ1n) is 6.80. The zero-order chi connectivity index (χ0) is 15.4. The van der Waals surface area contributed by atoms with E-state index in [-0.39, 0.29) is 11.8 Å². The molecule has 0 bridgehead atoms. The lowest BCUT2D eigenvalue weighted by molar-refractivity contribution is -0.141. The average molecular weight is 293 g/mol. The van der Waals surface area contributed by atoms with Crippen molar-refractivity contribution in [3.8, 4) is 11.5 Å². The highest BCUT2D eigenvalue weighted by Crippen LogP contribution is 2.34. The van der Waals surface area contributed by atoms with Crippen LogP contribution in [-0.2, 0) is 9.59 Å². The third kappa shape index (κ3) is 3.45. The Hall–Kier alpha value is -2.24. The summed E-state index contributed by atoms with van der Waals surface area (Å²) in [5.74, 6) is -0.553. The lowest BCUT2D eigenvalue weighted by Gasteiger charge is -2.14. The van der Waals surface area contributed by atoms with Crippen LogP contribution in [0.1, 0.15) is 19.3 Å². The molecule has 1 saturated carbocycles. The van der Waals surface area contributed by atoms with Gasteiger partial charge in [-0.2, -0.15) is 0 Å². The summed E-state index contributed by atoms with van der Waals surface area (Å²) in [5.41, 5.74) is 0.528. The Morgan fingerprint density at radius 2 is 1.90 bits per heavy atom. The quantitative estimate of drug-likeness (QED) is 0.869. The van der Waals surface area contributed by atoms with E-state index >= 15 is 0 Å². The highest BCUT2D eigenvalue weighted by Gasteiger charge is 2.34. The minimum absolute atomic E-state index is 0.176. The summed E-state index contributed by atoms with van der Waals surface area (Å²) in [6.45, 7) is 0. The van der Waals surface area contributed by atoms with Crippen molar-refractivity contribution in [3.63, 3.8) is 0 Å². The van der Waals surface area contributed by atoms with E-state index in [1.807, 2.05) is 0 Å². The van der Waals surface area contributed by atoms with Crippen molar-refractivity contribution in [2.75, 3.05) is 19.5 Å². The standard InChI is InChI=1S/C15H19NO5/c1-20-11-5-6-13(21-2)12(8-11)16-14(17)9-3-4-10(7-9)15(18)19/h5-6,8-10H,3-4,7H2,1-2H3,(H,16,17)(H,18,19)/t9-,10-/m1/s1. The van der Waals surface area contributed by atoms with Gasteiger partial charge in [0.25, 0.3) is 0 Å². The molecule has 114 valence electrons. The molecular weight excluding hydrogens is 274 g/mol. The summed E-state index contributed by atoms with van der Waals surface area (Å²) in [4.78, 5) is 23.2. The van der Waals surface area contributed by atoms with Crippen LogP contribution in [0.5, 0.6) is 11.5 Å². The van der Waals surface area contributed by atoms with E-state index < -0.39 is 11.9 Å².